The number of hydrogen-bond donors (Lipinski definition) is 2. The van der Waals surface area contributed by atoms with Crippen LogP contribution in [0.15, 0.2) is 0 Å². The van der Waals surface area contributed by atoms with Gasteiger partial charge in [0, 0.05) is 25.2 Å². The van der Waals surface area contributed by atoms with Crippen LogP contribution in [0.2, 0.25) is 0 Å². The molecule has 78 valence electrons. The largest absolute Gasteiger partial charge is 0.328 e. The summed E-state index contributed by atoms with van der Waals surface area (Å²) in [6.07, 6.45) is 3.62. The van der Waals surface area contributed by atoms with E-state index in [0.29, 0.717) is 12.1 Å². The fourth-order valence-electron chi connectivity index (χ4n) is 1.82. The van der Waals surface area contributed by atoms with E-state index < -0.39 is 0 Å². The Bertz CT molecular complexity index is 138. The smallest absolute Gasteiger partial charge is 0.0104 e. The van der Waals surface area contributed by atoms with Crippen molar-refractivity contribution >= 4 is 0 Å². The van der Waals surface area contributed by atoms with Crippen LogP contribution < -0.4 is 11.1 Å². The molecule has 0 aromatic carbocycles. The maximum absolute atomic E-state index is 5.83. The maximum atomic E-state index is 5.83. The van der Waals surface area contributed by atoms with Crippen LogP contribution in [0.3, 0.4) is 0 Å². The Hall–Kier alpha value is -0.120. The van der Waals surface area contributed by atoms with Crippen LogP contribution >= 0.6 is 0 Å². The molecule has 0 radical (unpaired) electrons. The second kappa shape index (κ2) is 5.58. The number of rotatable bonds is 5. The number of nitrogens with zero attached hydrogens (tertiary/aromatic N) is 1. The monoisotopic (exact) mass is 185 g/mol. The summed E-state index contributed by atoms with van der Waals surface area (Å²) in [5.74, 6) is 0. The highest BCUT2D eigenvalue weighted by molar-refractivity contribution is 4.82. The van der Waals surface area contributed by atoms with Gasteiger partial charge in [-0.05, 0) is 32.9 Å². The fourth-order valence-corrected chi connectivity index (χ4v) is 1.82. The summed E-state index contributed by atoms with van der Waals surface area (Å²) in [4.78, 5) is 2.32. The summed E-state index contributed by atoms with van der Waals surface area (Å²) in [5, 5.41) is 3.56. The van der Waals surface area contributed by atoms with Gasteiger partial charge in [0.1, 0.15) is 0 Å². The zero-order chi connectivity index (χ0) is 9.68. The molecule has 1 aliphatic carbocycles. The van der Waals surface area contributed by atoms with Gasteiger partial charge in [-0.2, -0.15) is 0 Å². The Labute approximate surface area is 81.7 Å². The van der Waals surface area contributed by atoms with Crippen molar-refractivity contribution in [2.45, 2.75) is 38.3 Å². The lowest BCUT2D eigenvalue weighted by Crippen LogP contribution is -2.35. The lowest BCUT2D eigenvalue weighted by Gasteiger charge is -2.17. The Balaban J connectivity index is 2.00. The third-order valence-electron chi connectivity index (χ3n) is 2.94. The van der Waals surface area contributed by atoms with E-state index in [9.17, 15) is 0 Å². The molecule has 3 nitrogen and oxygen atoms in total. The Morgan fingerprint density at radius 2 is 2.23 bits per heavy atom. The van der Waals surface area contributed by atoms with Gasteiger partial charge in [-0.25, -0.2) is 0 Å². The van der Waals surface area contributed by atoms with Crippen LogP contribution in [0.25, 0.3) is 0 Å². The minimum absolute atomic E-state index is 0.446. The first kappa shape index (κ1) is 11.0. The zero-order valence-corrected chi connectivity index (χ0v) is 8.92. The first-order valence-corrected chi connectivity index (χ1v) is 5.40. The molecule has 3 N–H and O–H groups in total. The summed E-state index contributed by atoms with van der Waals surface area (Å²) >= 11 is 0. The van der Waals surface area contributed by atoms with Gasteiger partial charge in [-0.1, -0.05) is 6.92 Å². The highest BCUT2D eigenvalue weighted by Gasteiger charge is 2.20. The van der Waals surface area contributed by atoms with Crippen molar-refractivity contribution in [3.8, 4) is 0 Å². The summed E-state index contributed by atoms with van der Waals surface area (Å²) in [6, 6.07) is 1.13. The average molecular weight is 185 g/mol. The summed E-state index contributed by atoms with van der Waals surface area (Å²) in [5.41, 5.74) is 5.83. The first-order valence-electron chi connectivity index (χ1n) is 5.40. The van der Waals surface area contributed by atoms with Gasteiger partial charge in [-0.15, -0.1) is 0 Å². The van der Waals surface area contributed by atoms with Gasteiger partial charge in [0.2, 0.25) is 0 Å². The maximum Gasteiger partial charge on any atom is 0.0104 e. The van der Waals surface area contributed by atoms with Gasteiger partial charge in [0.25, 0.3) is 0 Å². The molecule has 1 aliphatic rings. The topological polar surface area (TPSA) is 41.3 Å². The molecule has 0 amide bonds. The second-order valence-electron chi connectivity index (χ2n) is 4.12. The van der Waals surface area contributed by atoms with E-state index >= 15 is 0 Å². The standard InChI is InChI=1S/C10H23N3/c1-3-13(2)7-6-12-10-5-4-9(11)8-10/h9-10,12H,3-8,11H2,1-2H3. The first-order chi connectivity index (χ1) is 6.22. The molecule has 13 heavy (non-hydrogen) atoms. The van der Waals surface area contributed by atoms with Gasteiger partial charge in [-0.3, -0.25) is 0 Å². The van der Waals surface area contributed by atoms with Gasteiger partial charge >= 0.3 is 0 Å². The van der Waals surface area contributed by atoms with E-state index in [1.54, 1.807) is 0 Å². The zero-order valence-electron chi connectivity index (χ0n) is 8.92. The highest BCUT2D eigenvalue weighted by atomic mass is 15.1. The van der Waals surface area contributed by atoms with Crippen molar-refractivity contribution in [1.82, 2.24) is 10.2 Å². The van der Waals surface area contributed by atoms with E-state index in [-0.39, 0.29) is 0 Å². The van der Waals surface area contributed by atoms with Crippen LogP contribution in [0.5, 0.6) is 0 Å². The van der Waals surface area contributed by atoms with Gasteiger partial charge in [0.05, 0.1) is 0 Å². The van der Waals surface area contributed by atoms with E-state index in [1.165, 1.54) is 12.8 Å². The molecule has 2 atom stereocenters. The van der Waals surface area contributed by atoms with Crippen molar-refractivity contribution in [3.05, 3.63) is 0 Å². The molecule has 0 spiro atoms. The molecule has 0 aliphatic heterocycles. The number of nitrogens with one attached hydrogen (secondary N) is 1. The van der Waals surface area contributed by atoms with Crippen molar-refractivity contribution in [2.24, 2.45) is 5.73 Å². The molecule has 0 aromatic rings. The fraction of sp³-hybridized carbons (Fsp3) is 1.00. The van der Waals surface area contributed by atoms with E-state index in [0.717, 1.165) is 26.1 Å². The SMILES string of the molecule is CCN(C)CCNC1CCC(N)C1. The quantitative estimate of drug-likeness (QED) is 0.652. The molecule has 0 aromatic heterocycles. The summed E-state index contributed by atoms with van der Waals surface area (Å²) in [7, 11) is 2.15. The van der Waals surface area contributed by atoms with Crippen LogP contribution in [0.4, 0.5) is 0 Å². The number of nitrogens with two attached hydrogens (primary N) is 1. The predicted molar refractivity (Wildman–Crippen MR) is 56.8 cm³/mol. The van der Waals surface area contributed by atoms with Crippen molar-refractivity contribution < 1.29 is 0 Å². The predicted octanol–water partition coefficient (Wildman–Crippen LogP) is 0.408. The molecule has 1 saturated carbocycles. The molecular formula is C10H23N3. The molecule has 0 heterocycles. The molecule has 0 saturated heterocycles. The molecule has 1 fully saturated rings. The van der Waals surface area contributed by atoms with Crippen LogP contribution in [0.1, 0.15) is 26.2 Å². The van der Waals surface area contributed by atoms with E-state index in [1.807, 2.05) is 0 Å². The van der Waals surface area contributed by atoms with Gasteiger partial charge in [0.15, 0.2) is 0 Å². The molecule has 2 unspecified atom stereocenters. The highest BCUT2D eigenvalue weighted by Crippen LogP contribution is 2.16. The second-order valence-corrected chi connectivity index (χ2v) is 4.12. The van der Waals surface area contributed by atoms with Crippen molar-refractivity contribution in [2.75, 3.05) is 26.7 Å². The Kier molecular flexibility index (Phi) is 4.70. The average Bonchev–Trinajstić information content (AvgIpc) is 2.51. The molecule has 0 bridgehead atoms. The van der Waals surface area contributed by atoms with Gasteiger partial charge < -0.3 is 16.0 Å². The third kappa shape index (κ3) is 4.07. The van der Waals surface area contributed by atoms with Crippen molar-refractivity contribution in [1.29, 1.82) is 0 Å². The molecular weight excluding hydrogens is 162 g/mol. The third-order valence-corrected chi connectivity index (χ3v) is 2.94. The summed E-state index contributed by atoms with van der Waals surface area (Å²) in [6.45, 7) is 5.56. The van der Waals surface area contributed by atoms with Crippen LogP contribution in [-0.4, -0.2) is 43.7 Å². The van der Waals surface area contributed by atoms with Crippen LogP contribution in [-0.2, 0) is 0 Å². The lowest BCUT2D eigenvalue weighted by molar-refractivity contribution is 0.339. The lowest BCUT2D eigenvalue weighted by atomic mass is 10.2. The minimum atomic E-state index is 0.446. The van der Waals surface area contributed by atoms with Crippen LogP contribution in [0, 0.1) is 0 Å². The summed E-state index contributed by atoms with van der Waals surface area (Å²) < 4.78 is 0. The number of likely N-dealkylation sites (N-methyl/N-ethyl adjacent to an activating group) is 1. The number of hydrogen-bond acceptors (Lipinski definition) is 3. The Morgan fingerprint density at radius 3 is 2.77 bits per heavy atom. The molecule has 3 heteroatoms. The van der Waals surface area contributed by atoms with E-state index in [2.05, 4.69) is 24.2 Å². The Morgan fingerprint density at radius 1 is 1.46 bits per heavy atom. The minimum Gasteiger partial charge on any atom is -0.328 e. The van der Waals surface area contributed by atoms with Crippen molar-refractivity contribution in [3.63, 3.8) is 0 Å². The normalized spacial score (nSPS) is 28.6. The van der Waals surface area contributed by atoms with E-state index in [4.69, 9.17) is 5.73 Å². The molecule has 1 rings (SSSR count).